The Morgan fingerprint density at radius 1 is 1.36 bits per heavy atom. The monoisotopic (exact) mass is 463 g/mol. The summed E-state index contributed by atoms with van der Waals surface area (Å²) in [6.07, 6.45) is 3.39. The number of hydrogen-bond acceptors (Lipinski definition) is 4. The molecule has 0 aliphatic rings. The van der Waals surface area contributed by atoms with Crippen LogP contribution < -0.4 is 10.6 Å². The molecule has 2 N–H and O–H groups in total. The van der Waals surface area contributed by atoms with Gasteiger partial charge in [-0.2, -0.15) is 0 Å². The van der Waals surface area contributed by atoms with Crippen molar-refractivity contribution in [1.82, 2.24) is 20.5 Å². The molecule has 0 bridgehead atoms. The lowest BCUT2D eigenvalue weighted by molar-refractivity contribution is -0.128. The zero-order valence-electron chi connectivity index (χ0n) is 15.3. The van der Waals surface area contributed by atoms with Crippen LogP contribution in [0.1, 0.15) is 19.0 Å². The number of pyridine rings is 1. The van der Waals surface area contributed by atoms with Gasteiger partial charge in [0.15, 0.2) is 5.96 Å². The lowest BCUT2D eigenvalue weighted by atomic mass is 10.2. The van der Waals surface area contributed by atoms with Crippen molar-refractivity contribution in [3.8, 4) is 0 Å². The first-order valence-corrected chi connectivity index (χ1v) is 8.32. The zero-order chi connectivity index (χ0) is 17.6. The maximum Gasteiger partial charge on any atom is 0.244 e. The Morgan fingerprint density at radius 3 is 2.80 bits per heavy atom. The van der Waals surface area contributed by atoms with Crippen molar-refractivity contribution in [2.24, 2.45) is 4.99 Å². The molecule has 0 unspecified atom stereocenters. The SMILES string of the molecule is CCNC(=NCC(=O)N(C)CCc1ccccn1)NCCCOC.I. The Bertz CT molecular complexity index is 499. The topological polar surface area (TPSA) is 78.9 Å². The predicted octanol–water partition coefficient (Wildman–Crippen LogP) is 1.29. The van der Waals surface area contributed by atoms with Gasteiger partial charge < -0.3 is 20.3 Å². The van der Waals surface area contributed by atoms with E-state index in [2.05, 4.69) is 20.6 Å². The second-order valence-corrected chi connectivity index (χ2v) is 5.35. The van der Waals surface area contributed by atoms with Gasteiger partial charge in [-0.15, -0.1) is 24.0 Å². The molecule has 0 aliphatic carbocycles. The summed E-state index contributed by atoms with van der Waals surface area (Å²) >= 11 is 0. The third-order valence-electron chi connectivity index (χ3n) is 3.39. The van der Waals surface area contributed by atoms with E-state index in [9.17, 15) is 4.79 Å². The molecule has 0 atom stereocenters. The molecule has 8 heteroatoms. The van der Waals surface area contributed by atoms with Gasteiger partial charge >= 0.3 is 0 Å². The van der Waals surface area contributed by atoms with Crippen LogP contribution in [0.25, 0.3) is 0 Å². The van der Waals surface area contributed by atoms with Gasteiger partial charge in [-0.05, 0) is 25.5 Å². The van der Waals surface area contributed by atoms with E-state index in [1.807, 2.05) is 25.1 Å². The van der Waals surface area contributed by atoms with Crippen molar-refractivity contribution in [2.45, 2.75) is 19.8 Å². The molecule has 0 saturated carbocycles. The first-order chi connectivity index (χ1) is 11.7. The average Bonchev–Trinajstić information content (AvgIpc) is 2.61. The minimum Gasteiger partial charge on any atom is -0.385 e. The average molecular weight is 463 g/mol. The van der Waals surface area contributed by atoms with E-state index < -0.39 is 0 Å². The van der Waals surface area contributed by atoms with Gasteiger partial charge in [0.05, 0.1) is 0 Å². The van der Waals surface area contributed by atoms with Crippen molar-refractivity contribution in [2.75, 3.05) is 46.9 Å². The first-order valence-electron chi connectivity index (χ1n) is 8.32. The molecule has 1 aromatic rings. The lowest BCUT2D eigenvalue weighted by Crippen LogP contribution is -2.39. The molecule has 1 heterocycles. The van der Waals surface area contributed by atoms with Crippen LogP contribution in [0.2, 0.25) is 0 Å². The summed E-state index contributed by atoms with van der Waals surface area (Å²) in [5.41, 5.74) is 0.980. The number of rotatable bonds is 10. The number of carbonyl (C=O) groups is 1. The molecule has 0 aliphatic heterocycles. The number of guanidine groups is 1. The van der Waals surface area contributed by atoms with Gasteiger partial charge in [-0.1, -0.05) is 6.07 Å². The summed E-state index contributed by atoms with van der Waals surface area (Å²) < 4.78 is 5.01. The maximum atomic E-state index is 12.2. The molecule has 1 rings (SSSR count). The molecule has 0 aromatic carbocycles. The fourth-order valence-corrected chi connectivity index (χ4v) is 1.99. The normalized spacial score (nSPS) is 10.8. The van der Waals surface area contributed by atoms with Gasteiger partial charge in [0.25, 0.3) is 0 Å². The summed E-state index contributed by atoms with van der Waals surface area (Å²) in [5.74, 6) is 0.639. The zero-order valence-corrected chi connectivity index (χ0v) is 17.7. The molecule has 7 nitrogen and oxygen atoms in total. The summed E-state index contributed by atoms with van der Waals surface area (Å²) in [5, 5.41) is 6.31. The molecule has 0 spiro atoms. The highest BCUT2D eigenvalue weighted by atomic mass is 127. The number of carbonyl (C=O) groups excluding carboxylic acids is 1. The highest BCUT2D eigenvalue weighted by Crippen LogP contribution is 1.97. The van der Waals surface area contributed by atoms with Crippen LogP contribution in [-0.2, 0) is 16.0 Å². The van der Waals surface area contributed by atoms with Gasteiger partial charge in [0, 0.05) is 58.7 Å². The summed E-state index contributed by atoms with van der Waals surface area (Å²) in [6, 6.07) is 5.80. The van der Waals surface area contributed by atoms with E-state index >= 15 is 0 Å². The van der Waals surface area contributed by atoms with E-state index in [-0.39, 0.29) is 36.4 Å². The van der Waals surface area contributed by atoms with E-state index in [1.165, 1.54) is 0 Å². The molecule has 0 radical (unpaired) electrons. The number of likely N-dealkylation sites (N-methyl/N-ethyl adjacent to an activating group) is 1. The Morgan fingerprint density at radius 2 is 2.16 bits per heavy atom. The second kappa shape index (κ2) is 14.9. The number of aromatic nitrogens is 1. The standard InChI is InChI=1S/C17H29N5O2.HI/c1-4-18-17(20-11-7-13-24-3)21-14-16(23)22(2)12-9-15-8-5-6-10-19-15;/h5-6,8,10H,4,7,9,11-14H2,1-3H3,(H2,18,20,21);1H. The second-order valence-electron chi connectivity index (χ2n) is 5.35. The van der Waals surface area contributed by atoms with Crippen LogP contribution in [0.3, 0.4) is 0 Å². The van der Waals surface area contributed by atoms with E-state index in [4.69, 9.17) is 4.74 Å². The molecule has 25 heavy (non-hydrogen) atoms. The Labute approximate surface area is 167 Å². The summed E-state index contributed by atoms with van der Waals surface area (Å²) in [7, 11) is 3.47. The number of hydrogen-bond donors (Lipinski definition) is 2. The molecular weight excluding hydrogens is 433 g/mol. The van der Waals surface area contributed by atoms with E-state index in [0.717, 1.165) is 31.6 Å². The number of aliphatic imine (C=N–C) groups is 1. The number of ether oxygens (including phenoxy) is 1. The Balaban J connectivity index is 0.00000576. The van der Waals surface area contributed by atoms with Crippen LogP contribution in [-0.4, -0.2) is 68.7 Å². The number of nitrogens with one attached hydrogen (secondary N) is 2. The molecule has 142 valence electrons. The van der Waals surface area contributed by atoms with Gasteiger partial charge in [-0.3, -0.25) is 9.78 Å². The van der Waals surface area contributed by atoms with Crippen molar-refractivity contribution in [3.63, 3.8) is 0 Å². The number of methoxy groups -OCH3 is 1. The highest BCUT2D eigenvalue weighted by Gasteiger charge is 2.09. The van der Waals surface area contributed by atoms with Crippen molar-refractivity contribution in [1.29, 1.82) is 0 Å². The van der Waals surface area contributed by atoms with Gasteiger partial charge in [-0.25, -0.2) is 4.99 Å². The van der Waals surface area contributed by atoms with Crippen LogP contribution in [0.4, 0.5) is 0 Å². The fourth-order valence-electron chi connectivity index (χ4n) is 1.99. The molecule has 0 fully saturated rings. The summed E-state index contributed by atoms with van der Waals surface area (Å²) in [4.78, 5) is 22.5. The van der Waals surface area contributed by atoms with Crippen molar-refractivity contribution < 1.29 is 9.53 Å². The van der Waals surface area contributed by atoms with E-state index in [0.29, 0.717) is 19.1 Å². The minimum atomic E-state index is -0.0139. The van der Waals surface area contributed by atoms with Gasteiger partial charge in [0.2, 0.25) is 5.91 Å². The van der Waals surface area contributed by atoms with Crippen LogP contribution in [0.5, 0.6) is 0 Å². The number of nitrogens with zero attached hydrogens (tertiary/aromatic N) is 3. The van der Waals surface area contributed by atoms with Crippen LogP contribution in [0, 0.1) is 0 Å². The van der Waals surface area contributed by atoms with Crippen molar-refractivity contribution >= 4 is 35.8 Å². The summed E-state index contributed by atoms with van der Waals surface area (Å²) in [6.45, 7) is 4.94. The van der Waals surface area contributed by atoms with E-state index in [1.54, 1.807) is 25.3 Å². The predicted molar refractivity (Wildman–Crippen MR) is 111 cm³/mol. The van der Waals surface area contributed by atoms with Crippen LogP contribution >= 0.6 is 24.0 Å². The lowest BCUT2D eigenvalue weighted by Gasteiger charge is -2.16. The molecule has 1 amide bonds. The molecular formula is C17H30IN5O2. The third-order valence-corrected chi connectivity index (χ3v) is 3.39. The third kappa shape index (κ3) is 10.9. The molecule has 0 saturated heterocycles. The van der Waals surface area contributed by atoms with Crippen molar-refractivity contribution in [3.05, 3.63) is 30.1 Å². The number of halogens is 1. The smallest absolute Gasteiger partial charge is 0.244 e. The minimum absolute atomic E-state index is 0. The number of amides is 1. The van der Waals surface area contributed by atoms with Crippen LogP contribution in [0.15, 0.2) is 29.4 Å². The van der Waals surface area contributed by atoms with Gasteiger partial charge in [0.1, 0.15) is 6.54 Å². The Hall–Kier alpha value is -1.42. The fraction of sp³-hybridized carbons (Fsp3) is 0.588. The maximum absolute atomic E-state index is 12.2. The quantitative estimate of drug-likeness (QED) is 0.237. The molecule has 1 aromatic heterocycles. The Kier molecular flexibility index (Phi) is 14.0. The first kappa shape index (κ1) is 23.6. The highest BCUT2D eigenvalue weighted by molar-refractivity contribution is 14.0. The largest absolute Gasteiger partial charge is 0.385 e.